The molecule has 5 nitrogen and oxygen atoms in total. The fourth-order valence-corrected chi connectivity index (χ4v) is 2.40. The van der Waals surface area contributed by atoms with Crippen LogP contribution in [0, 0.1) is 11.7 Å². The maximum Gasteiger partial charge on any atom is 0.251 e. The molecule has 138 valence electrons. The lowest BCUT2D eigenvalue weighted by Crippen LogP contribution is -2.49. The number of nitrogens with one attached hydrogen (secondary N) is 2. The van der Waals surface area contributed by atoms with Crippen LogP contribution < -0.4 is 15.4 Å². The van der Waals surface area contributed by atoms with Crippen molar-refractivity contribution in [1.29, 1.82) is 0 Å². The summed E-state index contributed by atoms with van der Waals surface area (Å²) in [6.45, 7) is 4.05. The summed E-state index contributed by atoms with van der Waals surface area (Å²) in [5.41, 5.74) is 1.23. The van der Waals surface area contributed by atoms with Crippen molar-refractivity contribution in [3.05, 3.63) is 65.5 Å². The molecule has 1 unspecified atom stereocenters. The molecule has 0 aliphatic heterocycles. The van der Waals surface area contributed by atoms with E-state index in [1.807, 2.05) is 38.1 Å². The number of amides is 2. The number of rotatable bonds is 7. The van der Waals surface area contributed by atoms with Gasteiger partial charge in [0.1, 0.15) is 17.6 Å². The van der Waals surface area contributed by atoms with Gasteiger partial charge >= 0.3 is 0 Å². The number of halogens is 1. The maximum atomic E-state index is 13.0. The molecule has 0 fully saturated rings. The molecule has 0 spiro atoms. The highest BCUT2D eigenvalue weighted by molar-refractivity contribution is 5.97. The summed E-state index contributed by atoms with van der Waals surface area (Å²) in [6.07, 6.45) is 0. The molecule has 1 atom stereocenters. The number of hydrogen-bond acceptors (Lipinski definition) is 3. The highest BCUT2D eigenvalue weighted by atomic mass is 19.1. The van der Waals surface area contributed by atoms with Crippen molar-refractivity contribution in [3.63, 3.8) is 0 Å². The highest BCUT2D eigenvalue weighted by Gasteiger charge is 2.24. The summed E-state index contributed by atoms with van der Waals surface area (Å²) in [6, 6.07) is 11.9. The topological polar surface area (TPSA) is 67.4 Å². The van der Waals surface area contributed by atoms with Gasteiger partial charge in [-0.15, -0.1) is 0 Å². The van der Waals surface area contributed by atoms with Crippen LogP contribution in [0.2, 0.25) is 0 Å². The van der Waals surface area contributed by atoms with E-state index in [1.165, 1.54) is 24.3 Å². The second-order valence-electron chi connectivity index (χ2n) is 6.27. The Morgan fingerprint density at radius 1 is 1.04 bits per heavy atom. The lowest BCUT2D eigenvalue weighted by atomic mass is 10.0. The van der Waals surface area contributed by atoms with E-state index in [0.29, 0.717) is 12.1 Å². The Balaban J connectivity index is 1.97. The smallest absolute Gasteiger partial charge is 0.251 e. The lowest BCUT2D eigenvalue weighted by Gasteiger charge is -2.22. The number of methoxy groups -OCH3 is 1. The van der Waals surface area contributed by atoms with Gasteiger partial charge in [0.05, 0.1) is 7.11 Å². The van der Waals surface area contributed by atoms with Crippen molar-refractivity contribution >= 4 is 11.8 Å². The molecule has 0 radical (unpaired) electrons. The van der Waals surface area contributed by atoms with Gasteiger partial charge < -0.3 is 15.4 Å². The second kappa shape index (κ2) is 8.99. The summed E-state index contributed by atoms with van der Waals surface area (Å²) in [5, 5.41) is 5.54. The Kier molecular flexibility index (Phi) is 6.72. The van der Waals surface area contributed by atoms with Crippen LogP contribution in [0.1, 0.15) is 29.8 Å². The molecule has 0 heterocycles. The first-order valence-electron chi connectivity index (χ1n) is 8.37. The molecule has 0 aliphatic rings. The molecule has 0 saturated heterocycles. The van der Waals surface area contributed by atoms with Crippen LogP contribution in [-0.4, -0.2) is 25.0 Å². The minimum atomic E-state index is -0.689. The van der Waals surface area contributed by atoms with Gasteiger partial charge in [-0.25, -0.2) is 4.39 Å². The van der Waals surface area contributed by atoms with Gasteiger partial charge in [-0.3, -0.25) is 9.59 Å². The number of hydrogen-bond donors (Lipinski definition) is 2. The fourth-order valence-electron chi connectivity index (χ4n) is 2.40. The van der Waals surface area contributed by atoms with Crippen LogP contribution in [0.3, 0.4) is 0 Å². The molecule has 0 saturated carbocycles. The molecule has 0 aliphatic carbocycles. The first kappa shape index (κ1) is 19.4. The summed E-state index contributed by atoms with van der Waals surface area (Å²) in [7, 11) is 1.59. The first-order valence-corrected chi connectivity index (χ1v) is 8.37. The predicted octanol–water partition coefficient (Wildman–Crippen LogP) is 2.91. The fraction of sp³-hybridized carbons (Fsp3) is 0.300. The van der Waals surface area contributed by atoms with Crippen LogP contribution >= 0.6 is 0 Å². The van der Waals surface area contributed by atoms with E-state index in [2.05, 4.69) is 10.6 Å². The molecule has 2 amide bonds. The van der Waals surface area contributed by atoms with Gasteiger partial charge in [-0.05, 0) is 47.9 Å². The van der Waals surface area contributed by atoms with E-state index in [-0.39, 0.29) is 11.8 Å². The van der Waals surface area contributed by atoms with Gasteiger partial charge in [0.2, 0.25) is 5.91 Å². The number of ether oxygens (including phenoxy) is 1. The van der Waals surface area contributed by atoms with E-state index < -0.39 is 17.8 Å². The number of benzene rings is 2. The average Bonchev–Trinajstić information content (AvgIpc) is 2.64. The first-order chi connectivity index (χ1) is 12.4. The van der Waals surface area contributed by atoms with Crippen molar-refractivity contribution in [2.75, 3.05) is 7.11 Å². The molecule has 6 heteroatoms. The van der Waals surface area contributed by atoms with Crippen molar-refractivity contribution in [2.24, 2.45) is 5.92 Å². The van der Waals surface area contributed by atoms with Gasteiger partial charge in [0, 0.05) is 12.1 Å². The van der Waals surface area contributed by atoms with Crippen LogP contribution in [0.25, 0.3) is 0 Å². The average molecular weight is 358 g/mol. The number of carbonyl (C=O) groups excluding carboxylic acids is 2. The zero-order valence-electron chi connectivity index (χ0n) is 15.1. The maximum absolute atomic E-state index is 13.0. The number of carbonyl (C=O) groups is 2. The third-order valence-corrected chi connectivity index (χ3v) is 3.97. The molecule has 2 rings (SSSR count). The van der Waals surface area contributed by atoms with Crippen molar-refractivity contribution in [1.82, 2.24) is 10.6 Å². The Labute approximate surface area is 152 Å². The third-order valence-electron chi connectivity index (χ3n) is 3.97. The normalized spacial score (nSPS) is 11.7. The Bertz CT molecular complexity index is 743. The molecule has 0 aromatic heterocycles. The third kappa shape index (κ3) is 5.31. The molecule has 0 bridgehead atoms. The van der Waals surface area contributed by atoms with Gasteiger partial charge in [-0.2, -0.15) is 0 Å². The second-order valence-corrected chi connectivity index (χ2v) is 6.27. The molecule has 2 N–H and O–H groups in total. The minimum Gasteiger partial charge on any atom is -0.497 e. The SMILES string of the molecule is COc1ccc(CNC(=O)C(NC(=O)c2ccc(F)cc2)C(C)C)cc1. The molecular weight excluding hydrogens is 335 g/mol. The molecule has 2 aromatic rings. The quantitative estimate of drug-likeness (QED) is 0.800. The van der Waals surface area contributed by atoms with Gasteiger partial charge in [-0.1, -0.05) is 26.0 Å². The van der Waals surface area contributed by atoms with E-state index in [0.717, 1.165) is 11.3 Å². The lowest BCUT2D eigenvalue weighted by molar-refractivity contribution is -0.124. The van der Waals surface area contributed by atoms with E-state index in [4.69, 9.17) is 4.74 Å². The molecule has 2 aromatic carbocycles. The van der Waals surface area contributed by atoms with Crippen molar-refractivity contribution in [3.8, 4) is 5.75 Å². The highest BCUT2D eigenvalue weighted by Crippen LogP contribution is 2.11. The van der Waals surface area contributed by atoms with Crippen LogP contribution in [0.5, 0.6) is 5.75 Å². The van der Waals surface area contributed by atoms with Crippen molar-refractivity contribution < 1.29 is 18.7 Å². The summed E-state index contributed by atoms with van der Waals surface area (Å²) < 4.78 is 18.1. The van der Waals surface area contributed by atoms with Crippen LogP contribution in [0.4, 0.5) is 4.39 Å². The summed E-state index contributed by atoms with van der Waals surface area (Å²) >= 11 is 0. The Morgan fingerprint density at radius 2 is 1.65 bits per heavy atom. The Morgan fingerprint density at radius 3 is 2.19 bits per heavy atom. The minimum absolute atomic E-state index is 0.102. The van der Waals surface area contributed by atoms with Gasteiger partial charge in [0.25, 0.3) is 5.91 Å². The summed E-state index contributed by atoms with van der Waals surface area (Å²) in [5.74, 6) is -0.462. The monoisotopic (exact) mass is 358 g/mol. The molecule has 26 heavy (non-hydrogen) atoms. The zero-order valence-corrected chi connectivity index (χ0v) is 15.1. The largest absolute Gasteiger partial charge is 0.497 e. The standard InChI is InChI=1S/C20H23FN2O3/c1-13(2)18(23-19(24)15-6-8-16(21)9-7-15)20(25)22-12-14-4-10-17(26-3)11-5-14/h4-11,13,18H,12H2,1-3H3,(H,22,25)(H,23,24). The van der Waals surface area contributed by atoms with E-state index in [9.17, 15) is 14.0 Å². The zero-order chi connectivity index (χ0) is 19.1. The van der Waals surface area contributed by atoms with Gasteiger partial charge in [0.15, 0.2) is 0 Å². The van der Waals surface area contributed by atoms with E-state index >= 15 is 0 Å². The van der Waals surface area contributed by atoms with Crippen LogP contribution in [-0.2, 0) is 11.3 Å². The van der Waals surface area contributed by atoms with E-state index in [1.54, 1.807) is 7.11 Å². The molecular formula is C20H23FN2O3. The summed E-state index contributed by atoms with van der Waals surface area (Å²) in [4.78, 5) is 24.8. The predicted molar refractivity (Wildman–Crippen MR) is 97.3 cm³/mol. The van der Waals surface area contributed by atoms with Crippen molar-refractivity contribution in [2.45, 2.75) is 26.4 Å². The van der Waals surface area contributed by atoms with Crippen LogP contribution in [0.15, 0.2) is 48.5 Å². The Hall–Kier alpha value is -2.89.